The Kier molecular flexibility index (Phi) is 5.75. The first-order chi connectivity index (χ1) is 21.7. The van der Waals surface area contributed by atoms with Crippen molar-refractivity contribution in [1.29, 1.82) is 10.5 Å². The Balaban J connectivity index is 1.42. The number of ether oxygens (including phenoxy) is 1. The minimum atomic E-state index is -0.698. The number of nitriles is 2. The summed E-state index contributed by atoms with van der Waals surface area (Å²) in [6.07, 6.45) is 0. The normalized spacial score (nSPS) is 19.5. The predicted molar refractivity (Wildman–Crippen MR) is 174 cm³/mol. The smallest absolute Gasteiger partial charge is 0.457 e. The zero-order chi connectivity index (χ0) is 31.1. The monoisotopic (exact) mass is 584 g/mol. The van der Waals surface area contributed by atoms with Gasteiger partial charge in [-0.25, -0.2) is 0 Å². The maximum atomic E-state index is 9.70. The standard InChI is InChI=1S/C39H29BN2O3/c1-37(2)38(3,4)45-40(44-37)28-14-15-30-29-9-5-6-10-31(29)39(33(30)21-28)32-11-7-8-12-35(32)43-36-16-13-26(20-34(36)39)27-18-24(22-41)17-25(19-27)23-42/h5-21H,1-4H3. The van der Waals surface area contributed by atoms with Crippen molar-refractivity contribution in [2.75, 3.05) is 0 Å². The van der Waals surface area contributed by atoms with E-state index in [0.29, 0.717) is 11.1 Å². The largest absolute Gasteiger partial charge is 0.494 e. The molecule has 0 aromatic heterocycles. The van der Waals surface area contributed by atoms with Gasteiger partial charge in [0.05, 0.1) is 39.9 Å². The van der Waals surface area contributed by atoms with Gasteiger partial charge >= 0.3 is 7.12 Å². The third-order valence-corrected chi connectivity index (χ3v) is 10.0. The van der Waals surface area contributed by atoms with Crippen LogP contribution in [0.4, 0.5) is 0 Å². The van der Waals surface area contributed by atoms with Crippen molar-refractivity contribution in [1.82, 2.24) is 0 Å². The SMILES string of the molecule is CC1(C)OB(c2ccc3c(c2)C2(c4ccccc4Oc4ccc(-c5cc(C#N)cc(C#N)c5)cc42)c2ccccc2-3)OC1(C)C. The molecule has 6 heteroatoms. The van der Waals surface area contributed by atoms with E-state index in [2.05, 4.69) is 100 Å². The zero-order valence-corrected chi connectivity index (χ0v) is 25.5. The molecule has 1 saturated heterocycles. The molecule has 0 N–H and O–H groups in total. The van der Waals surface area contributed by atoms with Crippen LogP contribution in [0.15, 0.2) is 103 Å². The van der Waals surface area contributed by atoms with E-state index in [0.717, 1.165) is 50.3 Å². The lowest BCUT2D eigenvalue weighted by molar-refractivity contribution is 0.00578. The Bertz CT molecular complexity index is 2110. The van der Waals surface area contributed by atoms with E-state index >= 15 is 0 Å². The van der Waals surface area contributed by atoms with Crippen LogP contribution in [-0.4, -0.2) is 18.3 Å². The maximum Gasteiger partial charge on any atom is 0.494 e. The molecule has 1 unspecified atom stereocenters. The second kappa shape index (κ2) is 9.43. The van der Waals surface area contributed by atoms with Crippen molar-refractivity contribution < 1.29 is 14.0 Å². The number of rotatable bonds is 2. The summed E-state index contributed by atoms with van der Waals surface area (Å²) in [6, 6.07) is 39.3. The average Bonchev–Trinajstić information content (AvgIpc) is 3.46. The molecule has 45 heavy (non-hydrogen) atoms. The molecule has 216 valence electrons. The quantitative estimate of drug-likeness (QED) is 0.193. The Hall–Kier alpha value is -5.14. The lowest BCUT2D eigenvalue weighted by Crippen LogP contribution is -2.41. The molecule has 0 bridgehead atoms. The van der Waals surface area contributed by atoms with Crippen LogP contribution in [-0.2, 0) is 14.7 Å². The Morgan fingerprint density at radius 1 is 0.556 bits per heavy atom. The molecule has 0 amide bonds. The molecular weight excluding hydrogens is 555 g/mol. The minimum Gasteiger partial charge on any atom is -0.457 e. The van der Waals surface area contributed by atoms with Crippen LogP contribution < -0.4 is 10.2 Å². The first-order valence-electron chi connectivity index (χ1n) is 15.1. The van der Waals surface area contributed by atoms with Crippen LogP contribution in [0.2, 0.25) is 0 Å². The van der Waals surface area contributed by atoms with Crippen LogP contribution in [0.25, 0.3) is 22.3 Å². The van der Waals surface area contributed by atoms with Crippen LogP contribution in [0, 0.1) is 22.7 Å². The summed E-state index contributed by atoms with van der Waals surface area (Å²) < 4.78 is 19.7. The summed E-state index contributed by atoms with van der Waals surface area (Å²) in [5.41, 5.74) is 8.59. The molecule has 3 aliphatic rings. The van der Waals surface area contributed by atoms with Crippen LogP contribution in [0.5, 0.6) is 11.5 Å². The molecule has 1 fully saturated rings. The number of fused-ring (bicyclic) bond motifs is 9. The van der Waals surface area contributed by atoms with E-state index in [4.69, 9.17) is 14.0 Å². The lowest BCUT2D eigenvalue weighted by Gasteiger charge is -2.39. The molecule has 2 aliphatic heterocycles. The lowest BCUT2D eigenvalue weighted by atomic mass is 9.64. The summed E-state index contributed by atoms with van der Waals surface area (Å²) >= 11 is 0. The molecule has 2 heterocycles. The van der Waals surface area contributed by atoms with Gasteiger partial charge < -0.3 is 14.0 Å². The molecule has 5 aromatic rings. The molecule has 1 spiro atoms. The topological polar surface area (TPSA) is 75.3 Å². The second-order valence-corrected chi connectivity index (χ2v) is 13.0. The van der Waals surface area contributed by atoms with Crippen molar-refractivity contribution in [3.63, 3.8) is 0 Å². The van der Waals surface area contributed by atoms with Gasteiger partial charge in [-0.05, 0) is 103 Å². The fourth-order valence-corrected chi connectivity index (χ4v) is 7.15. The van der Waals surface area contributed by atoms with Gasteiger partial charge in [0.2, 0.25) is 0 Å². The fourth-order valence-electron chi connectivity index (χ4n) is 7.15. The molecular formula is C39H29BN2O3. The van der Waals surface area contributed by atoms with Crippen molar-refractivity contribution >= 4 is 12.6 Å². The third kappa shape index (κ3) is 3.80. The van der Waals surface area contributed by atoms with Gasteiger partial charge in [0.25, 0.3) is 0 Å². The second-order valence-electron chi connectivity index (χ2n) is 13.0. The van der Waals surface area contributed by atoms with E-state index in [9.17, 15) is 10.5 Å². The third-order valence-electron chi connectivity index (χ3n) is 10.0. The number of para-hydroxylation sites is 1. The summed E-state index contributed by atoms with van der Waals surface area (Å²) in [6.45, 7) is 8.29. The van der Waals surface area contributed by atoms with E-state index in [1.54, 1.807) is 6.07 Å². The summed E-state index contributed by atoms with van der Waals surface area (Å²) in [5.74, 6) is 1.57. The van der Waals surface area contributed by atoms with Crippen LogP contribution in [0.3, 0.4) is 0 Å². The summed E-state index contributed by atoms with van der Waals surface area (Å²) in [4.78, 5) is 0. The van der Waals surface area contributed by atoms with Crippen molar-refractivity contribution in [3.05, 3.63) is 137 Å². The predicted octanol–water partition coefficient (Wildman–Crippen LogP) is 7.86. The Labute approximate surface area is 263 Å². The van der Waals surface area contributed by atoms with Crippen LogP contribution in [0.1, 0.15) is 61.1 Å². The van der Waals surface area contributed by atoms with E-state index in [-0.39, 0.29) is 0 Å². The van der Waals surface area contributed by atoms with Gasteiger partial charge in [-0.3, -0.25) is 0 Å². The van der Waals surface area contributed by atoms with Crippen molar-refractivity contribution in [2.45, 2.75) is 44.3 Å². The average molecular weight is 584 g/mol. The number of benzene rings is 5. The summed E-state index contributed by atoms with van der Waals surface area (Å²) in [5, 5.41) is 19.4. The minimum absolute atomic E-state index is 0.446. The molecule has 1 aliphatic carbocycles. The fraction of sp³-hybridized carbons (Fsp3) is 0.179. The molecule has 1 atom stereocenters. The van der Waals surface area contributed by atoms with Crippen molar-refractivity contribution in [2.24, 2.45) is 0 Å². The van der Waals surface area contributed by atoms with Gasteiger partial charge in [-0.2, -0.15) is 10.5 Å². The molecule has 5 nitrogen and oxygen atoms in total. The Morgan fingerprint density at radius 2 is 1.18 bits per heavy atom. The number of nitrogens with zero attached hydrogens (tertiary/aromatic N) is 2. The highest BCUT2D eigenvalue weighted by molar-refractivity contribution is 6.62. The molecule has 5 aromatic carbocycles. The number of hydrogen-bond donors (Lipinski definition) is 0. The maximum absolute atomic E-state index is 9.70. The highest BCUT2D eigenvalue weighted by Crippen LogP contribution is 2.62. The van der Waals surface area contributed by atoms with Crippen LogP contribution >= 0.6 is 0 Å². The number of hydrogen-bond acceptors (Lipinski definition) is 5. The zero-order valence-electron chi connectivity index (χ0n) is 25.5. The van der Waals surface area contributed by atoms with Gasteiger partial charge in [0.1, 0.15) is 11.5 Å². The molecule has 0 saturated carbocycles. The van der Waals surface area contributed by atoms with E-state index < -0.39 is 23.7 Å². The Morgan fingerprint density at radius 3 is 1.89 bits per heavy atom. The molecule has 0 radical (unpaired) electrons. The highest BCUT2D eigenvalue weighted by Gasteiger charge is 2.54. The van der Waals surface area contributed by atoms with Gasteiger partial charge in [0, 0.05) is 11.1 Å². The molecule has 8 rings (SSSR count). The van der Waals surface area contributed by atoms with E-state index in [1.807, 2.05) is 36.4 Å². The summed E-state index contributed by atoms with van der Waals surface area (Å²) in [7, 11) is -0.514. The van der Waals surface area contributed by atoms with Crippen molar-refractivity contribution in [3.8, 4) is 45.9 Å². The first-order valence-corrected chi connectivity index (χ1v) is 15.1. The van der Waals surface area contributed by atoms with Gasteiger partial charge in [-0.15, -0.1) is 0 Å². The first kappa shape index (κ1) is 27.4. The van der Waals surface area contributed by atoms with Gasteiger partial charge in [-0.1, -0.05) is 66.7 Å². The van der Waals surface area contributed by atoms with Gasteiger partial charge in [0.15, 0.2) is 0 Å². The van der Waals surface area contributed by atoms with E-state index in [1.165, 1.54) is 11.1 Å². The highest BCUT2D eigenvalue weighted by atomic mass is 16.7.